The van der Waals surface area contributed by atoms with Crippen molar-refractivity contribution in [3.05, 3.63) is 42.1 Å². The largest absolute Gasteiger partial charge is 0.332 e. The minimum atomic E-state index is -0.164. The third kappa shape index (κ3) is 2.16. The number of hydrogen-bond acceptors (Lipinski definition) is 3. The van der Waals surface area contributed by atoms with E-state index in [1.165, 1.54) is 0 Å². The molecule has 0 spiro atoms. The fourth-order valence-corrected chi connectivity index (χ4v) is 2.95. The van der Waals surface area contributed by atoms with Crippen LogP contribution in [-0.2, 0) is 4.79 Å². The zero-order valence-corrected chi connectivity index (χ0v) is 11.6. The number of aromatic nitrogens is 1. The van der Waals surface area contributed by atoms with Crippen molar-refractivity contribution < 1.29 is 4.79 Å². The topological polar surface area (TPSA) is 59.2 Å². The monoisotopic (exact) mass is 269 g/mol. The minimum Gasteiger partial charge on any atom is -0.332 e. The number of nitrogens with two attached hydrogens (primary N) is 1. The summed E-state index contributed by atoms with van der Waals surface area (Å²) in [5.74, 6) is 0.138. The van der Waals surface area contributed by atoms with Gasteiger partial charge in [0.25, 0.3) is 0 Å². The van der Waals surface area contributed by atoms with Gasteiger partial charge in [0.2, 0.25) is 5.91 Å². The molecule has 4 heteroatoms. The number of pyridine rings is 1. The normalized spacial score (nSPS) is 22.7. The van der Waals surface area contributed by atoms with Crippen LogP contribution in [0.1, 0.15) is 31.5 Å². The number of hydrogen-bond donors (Lipinski definition) is 1. The first-order chi connectivity index (χ1) is 9.70. The molecule has 1 saturated heterocycles. The van der Waals surface area contributed by atoms with E-state index in [0.29, 0.717) is 6.42 Å². The molecule has 0 radical (unpaired) electrons. The lowest BCUT2D eigenvalue weighted by Crippen LogP contribution is -2.34. The molecule has 1 amide bonds. The highest BCUT2D eigenvalue weighted by Crippen LogP contribution is 2.31. The number of rotatable bonds is 3. The Bertz CT molecular complexity index is 640. The SMILES string of the molecule is CCCN1C(=O)CC(N)C1c1ccc2ccccc2n1. The molecule has 0 saturated carbocycles. The maximum atomic E-state index is 12.0. The molecule has 2 atom stereocenters. The molecule has 1 aliphatic rings. The quantitative estimate of drug-likeness (QED) is 0.929. The Kier molecular flexibility index (Phi) is 3.40. The van der Waals surface area contributed by atoms with Gasteiger partial charge in [-0.3, -0.25) is 9.78 Å². The summed E-state index contributed by atoms with van der Waals surface area (Å²) in [5, 5.41) is 1.11. The highest BCUT2D eigenvalue weighted by molar-refractivity contribution is 5.81. The Morgan fingerprint density at radius 2 is 2.10 bits per heavy atom. The van der Waals surface area contributed by atoms with Crippen LogP contribution in [-0.4, -0.2) is 28.4 Å². The molecule has 2 N–H and O–H groups in total. The van der Waals surface area contributed by atoms with Crippen molar-refractivity contribution in [2.75, 3.05) is 6.54 Å². The van der Waals surface area contributed by atoms with Gasteiger partial charge in [-0.15, -0.1) is 0 Å². The van der Waals surface area contributed by atoms with Crippen molar-refractivity contribution in [1.82, 2.24) is 9.88 Å². The van der Waals surface area contributed by atoms with Crippen LogP contribution < -0.4 is 5.73 Å². The minimum absolute atomic E-state index is 0.0907. The van der Waals surface area contributed by atoms with Gasteiger partial charge in [0.05, 0.1) is 17.3 Å². The molecule has 1 aromatic carbocycles. The van der Waals surface area contributed by atoms with E-state index < -0.39 is 0 Å². The van der Waals surface area contributed by atoms with E-state index in [1.807, 2.05) is 35.2 Å². The number of para-hydroxylation sites is 1. The van der Waals surface area contributed by atoms with Gasteiger partial charge >= 0.3 is 0 Å². The zero-order valence-electron chi connectivity index (χ0n) is 11.6. The number of carbonyl (C=O) groups is 1. The van der Waals surface area contributed by atoms with Crippen molar-refractivity contribution in [3.8, 4) is 0 Å². The summed E-state index contributed by atoms with van der Waals surface area (Å²) in [6.07, 6.45) is 1.35. The predicted molar refractivity (Wildman–Crippen MR) is 79.1 cm³/mol. The first-order valence-electron chi connectivity index (χ1n) is 7.11. The van der Waals surface area contributed by atoms with E-state index in [0.717, 1.165) is 29.6 Å². The molecular weight excluding hydrogens is 250 g/mol. The van der Waals surface area contributed by atoms with Crippen molar-refractivity contribution in [2.24, 2.45) is 5.73 Å². The molecule has 0 bridgehead atoms. The molecule has 1 aromatic heterocycles. The van der Waals surface area contributed by atoms with E-state index in [-0.39, 0.29) is 18.0 Å². The van der Waals surface area contributed by atoms with E-state index in [1.54, 1.807) is 0 Å². The Morgan fingerprint density at radius 3 is 2.90 bits per heavy atom. The van der Waals surface area contributed by atoms with Crippen LogP contribution in [0.15, 0.2) is 36.4 Å². The molecule has 1 fully saturated rings. The van der Waals surface area contributed by atoms with Gasteiger partial charge in [0, 0.05) is 24.4 Å². The van der Waals surface area contributed by atoms with Crippen molar-refractivity contribution in [1.29, 1.82) is 0 Å². The Morgan fingerprint density at radius 1 is 1.30 bits per heavy atom. The summed E-state index contributed by atoms with van der Waals surface area (Å²) in [5.41, 5.74) is 8.01. The Labute approximate surface area is 118 Å². The summed E-state index contributed by atoms with van der Waals surface area (Å²) in [4.78, 5) is 18.6. The Balaban J connectivity index is 2.01. The lowest BCUT2D eigenvalue weighted by Gasteiger charge is -2.26. The van der Waals surface area contributed by atoms with Crippen LogP contribution in [0.5, 0.6) is 0 Å². The van der Waals surface area contributed by atoms with E-state index in [4.69, 9.17) is 10.7 Å². The first-order valence-corrected chi connectivity index (χ1v) is 7.11. The van der Waals surface area contributed by atoms with Gasteiger partial charge in [0.15, 0.2) is 0 Å². The van der Waals surface area contributed by atoms with Crippen LogP contribution in [0.4, 0.5) is 0 Å². The van der Waals surface area contributed by atoms with Crippen molar-refractivity contribution in [2.45, 2.75) is 31.8 Å². The van der Waals surface area contributed by atoms with Gasteiger partial charge in [-0.05, 0) is 18.6 Å². The molecule has 2 heterocycles. The van der Waals surface area contributed by atoms with Crippen LogP contribution in [0.25, 0.3) is 10.9 Å². The van der Waals surface area contributed by atoms with Crippen molar-refractivity contribution in [3.63, 3.8) is 0 Å². The number of likely N-dealkylation sites (tertiary alicyclic amines) is 1. The predicted octanol–water partition coefficient (Wildman–Crippen LogP) is 2.25. The molecule has 104 valence electrons. The number of amides is 1. The highest BCUT2D eigenvalue weighted by Gasteiger charge is 2.38. The average Bonchev–Trinajstić information content (AvgIpc) is 2.73. The van der Waals surface area contributed by atoms with Gasteiger partial charge in [-0.1, -0.05) is 31.2 Å². The van der Waals surface area contributed by atoms with Gasteiger partial charge < -0.3 is 10.6 Å². The highest BCUT2D eigenvalue weighted by atomic mass is 16.2. The van der Waals surface area contributed by atoms with E-state index >= 15 is 0 Å². The molecule has 1 aliphatic heterocycles. The average molecular weight is 269 g/mol. The van der Waals surface area contributed by atoms with Gasteiger partial charge in [-0.2, -0.15) is 0 Å². The third-order valence-corrected chi connectivity index (χ3v) is 3.86. The fourth-order valence-electron chi connectivity index (χ4n) is 2.95. The first kappa shape index (κ1) is 13.1. The van der Waals surface area contributed by atoms with E-state index in [2.05, 4.69) is 13.0 Å². The summed E-state index contributed by atoms with van der Waals surface area (Å²) in [6.45, 7) is 2.81. The zero-order chi connectivity index (χ0) is 14.1. The van der Waals surface area contributed by atoms with Crippen LogP contribution in [0.3, 0.4) is 0 Å². The molecule has 4 nitrogen and oxygen atoms in total. The second kappa shape index (κ2) is 5.21. The second-order valence-electron chi connectivity index (χ2n) is 5.33. The number of benzene rings is 1. The molecule has 2 unspecified atom stereocenters. The number of nitrogens with zero attached hydrogens (tertiary/aromatic N) is 2. The van der Waals surface area contributed by atoms with Crippen molar-refractivity contribution >= 4 is 16.8 Å². The number of fused-ring (bicyclic) bond motifs is 1. The smallest absolute Gasteiger partial charge is 0.224 e. The summed E-state index contributed by atoms with van der Waals surface area (Å²) in [6, 6.07) is 11.8. The van der Waals surface area contributed by atoms with E-state index in [9.17, 15) is 4.79 Å². The fraction of sp³-hybridized carbons (Fsp3) is 0.375. The summed E-state index contributed by atoms with van der Waals surface area (Å²) < 4.78 is 0. The molecule has 20 heavy (non-hydrogen) atoms. The lowest BCUT2D eigenvalue weighted by molar-refractivity contribution is -0.129. The Hall–Kier alpha value is -1.94. The molecule has 2 aromatic rings. The number of carbonyl (C=O) groups excluding carboxylic acids is 1. The molecular formula is C16H19N3O. The van der Waals surface area contributed by atoms with Gasteiger partial charge in [0.1, 0.15) is 0 Å². The standard InChI is InChI=1S/C16H19N3O/c1-2-9-19-15(20)10-12(17)16(19)14-8-7-11-5-3-4-6-13(11)18-14/h3-8,12,16H,2,9-10,17H2,1H3. The lowest BCUT2D eigenvalue weighted by atomic mass is 10.0. The molecule has 0 aliphatic carbocycles. The van der Waals surface area contributed by atoms with Crippen LogP contribution in [0, 0.1) is 0 Å². The second-order valence-corrected chi connectivity index (χ2v) is 5.33. The summed E-state index contributed by atoms with van der Waals surface area (Å²) in [7, 11) is 0. The third-order valence-electron chi connectivity index (χ3n) is 3.86. The van der Waals surface area contributed by atoms with Crippen LogP contribution in [0.2, 0.25) is 0 Å². The maximum absolute atomic E-state index is 12.0. The summed E-state index contributed by atoms with van der Waals surface area (Å²) >= 11 is 0. The van der Waals surface area contributed by atoms with Crippen LogP contribution >= 0.6 is 0 Å². The van der Waals surface area contributed by atoms with Gasteiger partial charge in [-0.25, -0.2) is 0 Å². The molecule has 3 rings (SSSR count). The maximum Gasteiger partial charge on any atom is 0.224 e.